The number of aliphatic hydroxyl groups is 1. The predicted octanol–water partition coefficient (Wildman–Crippen LogP) is 2.15. The lowest BCUT2D eigenvalue weighted by Crippen LogP contribution is -2.46. The molecule has 12 heteroatoms. The number of halogens is 2. The standard InChI is InChI=1S/C11H18ClNO4.C11H16ClNO4/c2*1-11(2,3)17-10(15)13-4-6(12)9-8(13)7(14)5-16-9/h6-9,14H,4-5H2,1-3H3;6,8-9H,4-5H2,1-3H3/t6-,7+,8-,9-;6-,8-,9-/m11/s1. The van der Waals surface area contributed by atoms with Gasteiger partial charge in [0.05, 0.1) is 29.5 Å². The molecule has 0 saturated carbocycles. The first kappa shape index (κ1) is 27.3. The van der Waals surface area contributed by atoms with Crippen LogP contribution in [-0.2, 0) is 23.7 Å². The summed E-state index contributed by atoms with van der Waals surface area (Å²) < 4.78 is 21.2. The van der Waals surface area contributed by atoms with E-state index in [1.165, 1.54) is 9.80 Å². The molecule has 0 spiro atoms. The third kappa shape index (κ3) is 6.07. The van der Waals surface area contributed by atoms with Gasteiger partial charge in [0.25, 0.3) is 0 Å². The third-order valence-electron chi connectivity index (χ3n) is 5.66. The summed E-state index contributed by atoms with van der Waals surface area (Å²) in [5.74, 6) is -0.107. The Balaban J connectivity index is 0.000000191. The average Bonchev–Trinajstić information content (AvgIpc) is 3.40. The molecule has 4 aliphatic rings. The smallest absolute Gasteiger partial charge is 0.411 e. The maximum atomic E-state index is 12.0. The first-order valence-electron chi connectivity index (χ1n) is 11.3. The zero-order valence-electron chi connectivity index (χ0n) is 20.3. The second-order valence-corrected chi connectivity index (χ2v) is 12.0. The van der Waals surface area contributed by atoms with E-state index in [1.54, 1.807) is 41.5 Å². The molecule has 0 bridgehead atoms. The van der Waals surface area contributed by atoms with Gasteiger partial charge in [-0.15, -0.1) is 23.2 Å². The number of rotatable bonds is 0. The molecule has 0 unspecified atom stereocenters. The van der Waals surface area contributed by atoms with Gasteiger partial charge in [-0.05, 0) is 41.5 Å². The number of likely N-dealkylation sites (tertiary alicyclic amines) is 2. The first-order valence-corrected chi connectivity index (χ1v) is 12.2. The zero-order valence-corrected chi connectivity index (χ0v) is 21.8. The molecule has 4 aliphatic heterocycles. The molecular formula is C22H34Cl2N2O8. The normalized spacial score (nSPS) is 35.0. The van der Waals surface area contributed by atoms with Gasteiger partial charge in [0, 0.05) is 13.1 Å². The molecular weight excluding hydrogens is 491 g/mol. The number of hydrogen-bond donors (Lipinski definition) is 1. The van der Waals surface area contributed by atoms with Crippen molar-refractivity contribution in [3.63, 3.8) is 0 Å². The number of hydrogen-bond acceptors (Lipinski definition) is 8. The van der Waals surface area contributed by atoms with Crippen LogP contribution in [0.15, 0.2) is 0 Å². The number of aliphatic hydroxyl groups excluding tert-OH is 1. The number of carbonyl (C=O) groups excluding carboxylic acids is 3. The zero-order chi connectivity index (χ0) is 25.6. The van der Waals surface area contributed by atoms with Crippen LogP contribution in [-0.4, -0.2) is 112 Å². The molecule has 7 atom stereocenters. The van der Waals surface area contributed by atoms with Crippen LogP contribution in [0, 0.1) is 0 Å². The van der Waals surface area contributed by atoms with E-state index in [4.69, 9.17) is 42.1 Å². The molecule has 194 valence electrons. The van der Waals surface area contributed by atoms with E-state index in [2.05, 4.69) is 0 Å². The second-order valence-electron chi connectivity index (χ2n) is 10.8. The van der Waals surface area contributed by atoms with Crippen molar-refractivity contribution in [1.29, 1.82) is 0 Å². The number of fused-ring (bicyclic) bond motifs is 2. The maximum absolute atomic E-state index is 12.0. The Morgan fingerprint density at radius 2 is 1.41 bits per heavy atom. The first-order chi connectivity index (χ1) is 15.6. The van der Waals surface area contributed by atoms with Gasteiger partial charge >= 0.3 is 12.2 Å². The number of carbonyl (C=O) groups is 3. The lowest BCUT2D eigenvalue weighted by molar-refractivity contribution is -0.121. The monoisotopic (exact) mass is 524 g/mol. The largest absolute Gasteiger partial charge is 0.444 e. The van der Waals surface area contributed by atoms with Crippen LogP contribution in [0.25, 0.3) is 0 Å². The summed E-state index contributed by atoms with van der Waals surface area (Å²) in [6.45, 7) is 11.6. The van der Waals surface area contributed by atoms with E-state index in [9.17, 15) is 19.5 Å². The van der Waals surface area contributed by atoms with E-state index >= 15 is 0 Å². The van der Waals surface area contributed by atoms with E-state index in [0.29, 0.717) is 6.54 Å². The highest BCUT2D eigenvalue weighted by atomic mass is 35.5. The number of nitrogens with zero attached hydrogens (tertiary/aromatic N) is 2. The lowest BCUT2D eigenvalue weighted by Gasteiger charge is -2.28. The molecule has 4 rings (SSSR count). The molecule has 4 heterocycles. The van der Waals surface area contributed by atoms with Crippen LogP contribution in [0.3, 0.4) is 0 Å². The Kier molecular flexibility index (Phi) is 7.99. The van der Waals surface area contributed by atoms with Gasteiger partial charge in [-0.3, -0.25) is 14.6 Å². The lowest BCUT2D eigenvalue weighted by atomic mass is 10.1. The van der Waals surface area contributed by atoms with Gasteiger partial charge in [0.15, 0.2) is 5.78 Å². The second kappa shape index (κ2) is 9.97. The van der Waals surface area contributed by atoms with Crippen molar-refractivity contribution < 1.29 is 38.4 Å². The van der Waals surface area contributed by atoms with Gasteiger partial charge in [-0.25, -0.2) is 9.59 Å². The summed E-state index contributed by atoms with van der Waals surface area (Å²) in [5.41, 5.74) is -1.14. The van der Waals surface area contributed by atoms with Crippen LogP contribution in [0.1, 0.15) is 41.5 Å². The highest BCUT2D eigenvalue weighted by Gasteiger charge is 2.53. The molecule has 0 aromatic carbocycles. The number of ketones is 1. The molecule has 34 heavy (non-hydrogen) atoms. The van der Waals surface area contributed by atoms with Crippen molar-refractivity contribution in [2.24, 2.45) is 0 Å². The molecule has 0 radical (unpaired) electrons. The molecule has 1 N–H and O–H groups in total. The maximum Gasteiger partial charge on any atom is 0.411 e. The minimum Gasteiger partial charge on any atom is -0.444 e. The summed E-state index contributed by atoms with van der Waals surface area (Å²) in [5, 5.41) is 9.17. The van der Waals surface area contributed by atoms with Gasteiger partial charge in [0.2, 0.25) is 0 Å². The molecule has 4 saturated heterocycles. The fourth-order valence-corrected chi connectivity index (χ4v) is 5.09. The van der Waals surface area contributed by atoms with Crippen molar-refractivity contribution in [2.75, 3.05) is 26.3 Å². The highest BCUT2D eigenvalue weighted by Crippen LogP contribution is 2.34. The molecule has 0 aromatic rings. The van der Waals surface area contributed by atoms with Crippen molar-refractivity contribution in [2.45, 2.75) is 93.9 Å². The third-order valence-corrected chi connectivity index (χ3v) is 6.43. The van der Waals surface area contributed by atoms with Gasteiger partial charge in [-0.1, -0.05) is 0 Å². The van der Waals surface area contributed by atoms with Crippen molar-refractivity contribution >= 4 is 41.2 Å². The van der Waals surface area contributed by atoms with E-state index in [0.717, 1.165) is 0 Å². The average molecular weight is 525 g/mol. The van der Waals surface area contributed by atoms with Gasteiger partial charge in [-0.2, -0.15) is 0 Å². The Morgan fingerprint density at radius 3 is 1.97 bits per heavy atom. The summed E-state index contributed by atoms with van der Waals surface area (Å²) >= 11 is 12.2. The van der Waals surface area contributed by atoms with Gasteiger partial charge in [0.1, 0.15) is 36.1 Å². The molecule has 2 amide bonds. The van der Waals surface area contributed by atoms with Gasteiger partial charge < -0.3 is 24.1 Å². The van der Waals surface area contributed by atoms with E-state index < -0.39 is 41.6 Å². The Bertz CT molecular complexity index is 799. The summed E-state index contributed by atoms with van der Waals surface area (Å²) in [6.07, 6.45) is -2.32. The number of alkyl halides is 2. The highest BCUT2D eigenvalue weighted by molar-refractivity contribution is 6.22. The Labute approximate surface area is 209 Å². The summed E-state index contributed by atoms with van der Waals surface area (Å²) in [6, 6.07) is -0.959. The van der Waals surface area contributed by atoms with Crippen LogP contribution in [0.2, 0.25) is 0 Å². The topological polar surface area (TPSA) is 115 Å². The molecule has 4 fully saturated rings. The van der Waals surface area contributed by atoms with Crippen LogP contribution < -0.4 is 0 Å². The molecule has 0 aromatic heterocycles. The predicted molar refractivity (Wildman–Crippen MR) is 123 cm³/mol. The Hall–Kier alpha value is -1.33. The summed E-state index contributed by atoms with van der Waals surface area (Å²) in [4.78, 5) is 38.4. The minimum absolute atomic E-state index is 0.0256. The van der Waals surface area contributed by atoms with E-state index in [-0.39, 0.29) is 48.4 Å². The van der Waals surface area contributed by atoms with Crippen molar-refractivity contribution in [3.05, 3.63) is 0 Å². The number of ether oxygens (including phenoxy) is 4. The molecule has 10 nitrogen and oxygen atoms in total. The van der Waals surface area contributed by atoms with Crippen LogP contribution >= 0.6 is 23.2 Å². The van der Waals surface area contributed by atoms with Crippen molar-refractivity contribution in [3.8, 4) is 0 Å². The summed E-state index contributed by atoms with van der Waals surface area (Å²) in [7, 11) is 0. The van der Waals surface area contributed by atoms with Crippen LogP contribution in [0.4, 0.5) is 9.59 Å². The minimum atomic E-state index is -0.684. The van der Waals surface area contributed by atoms with Crippen LogP contribution in [0.5, 0.6) is 0 Å². The quantitative estimate of drug-likeness (QED) is 0.479. The molecule has 0 aliphatic carbocycles. The SMILES string of the molecule is CC(C)(C)OC(=O)N1C[C@@H](Cl)[C@H]2OCC(=O)[C@H]21.CC(C)(C)OC(=O)N1C[C@@H](Cl)[C@H]2OC[C@H](O)[C@H]21. The van der Waals surface area contributed by atoms with E-state index in [1.807, 2.05) is 0 Å². The fraction of sp³-hybridized carbons (Fsp3) is 0.864. The number of amides is 2. The fourth-order valence-electron chi connectivity index (χ4n) is 4.37. The number of Topliss-reactive ketones (excluding diaryl/α,β-unsaturated/α-hetero) is 1. The Morgan fingerprint density at radius 1 is 0.912 bits per heavy atom. The van der Waals surface area contributed by atoms with Crippen molar-refractivity contribution in [1.82, 2.24) is 9.80 Å².